The highest BCUT2D eigenvalue weighted by Crippen LogP contribution is 2.30. The maximum atomic E-state index is 12.3. The van der Waals surface area contributed by atoms with E-state index in [1.54, 1.807) is 23.5 Å². The van der Waals surface area contributed by atoms with Crippen molar-refractivity contribution in [3.8, 4) is 0 Å². The molecule has 2 aromatic rings. The van der Waals surface area contributed by atoms with Crippen LogP contribution in [0.4, 0.5) is 5.69 Å². The third-order valence-electron chi connectivity index (χ3n) is 3.47. The van der Waals surface area contributed by atoms with Gasteiger partial charge >= 0.3 is 0 Å². The summed E-state index contributed by atoms with van der Waals surface area (Å²) >= 11 is 9.37. The molecule has 0 fully saturated rings. The van der Waals surface area contributed by atoms with E-state index >= 15 is 0 Å². The lowest BCUT2D eigenvalue weighted by atomic mass is 10.1. The molecule has 0 atom stereocenters. The predicted molar refractivity (Wildman–Crippen MR) is 90.0 cm³/mol. The second-order valence-electron chi connectivity index (χ2n) is 4.91. The third-order valence-corrected chi connectivity index (χ3v) is 5.97. The fourth-order valence-corrected chi connectivity index (χ4v) is 4.39. The maximum absolute atomic E-state index is 12.3. The van der Waals surface area contributed by atoms with Gasteiger partial charge in [0.1, 0.15) is 0 Å². The van der Waals surface area contributed by atoms with Crippen molar-refractivity contribution in [2.75, 3.05) is 18.0 Å². The van der Waals surface area contributed by atoms with E-state index in [0.29, 0.717) is 16.5 Å². The Bertz CT molecular complexity index is 671. The van der Waals surface area contributed by atoms with Gasteiger partial charge in [0.25, 0.3) is 0 Å². The zero-order chi connectivity index (χ0) is 14.8. The summed E-state index contributed by atoms with van der Waals surface area (Å²) in [6.45, 7) is 1.54. The Hall–Kier alpha value is -1.17. The summed E-state index contributed by atoms with van der Waals surface area (Å²) in [5.74, 6) is 0.563. The minimum atomic E-state index is 0.157. The summed E-state index contributed by atoms with van der Waals surface area (Å²) in [5, 5.41) is 2.70. The van der Waals surface area contributed by atoms with Crippen LogP contribution in [-0.2, 0) is 17.8 Å². The van der Waals surface area contributed by atoms with E-state index in [1.165, 1.54) is 22.2 Å². The molecule has 2 N–H and O–H groups in total. The molecule has 1 aliphatic rings. The molecule has 1 aromatic carbocycles. The molecule has 0 unspecified atom stereocenters. The summed E-state index contributed by atoms with van der Waals surface area (Å²) < 4.78 is 0. The number of fused-ring (bicyclic) bond motifs is 1. The van der Waals surface area contributed by atoms with Crippen molar-refractivity contribution in [1.29, 1.82) is 0 Å². The minimum Gasteiger partial charge on any atom is -0.399 e. The number of thiophene rings is 1. The summed E-state index contributed by atoms with van der Waals surface area (Å²) in [6.07, 6.45) is 0.964. The van der Waals surface area contributed by atoms with Crippen LogP contribution >= 0.6 is 34.7 Å². The second kappa shape index (κ2) is 6.30. The fourth-order valence-electron chi connectivity index (χ4n) is 2.33. The van der Waals surface area contributed by atoms with E-state index in [4.69, 9.17) is 17.3 Å². The van der Waals surface area contributed by atoms with Crippen LogP contribution in [0.5, 0.6) is 0 Å². The van der Waals surface area contributed by atoms with Gasteiger partial charge in [0, 0.05) is 28.5 Å². The lowest BCUT2D eigenvalue weighted by Crippen LogP contribution is -2.36. The summed E-state index contributed by atoms with van der Waals surface area (Å²) in [7, 11) is 0. The Morgan fingerprint density at radius 3 is 3.10 bits per heavy atom. The molecule has 3 rings (SSSR count). The number of thioether (sulfide) groups is 1. The van der Waals surface area contributed by atoms with Crippen LogP contribution < -0.4 is 5.73 Å². The highest BCUT2D eigenvalue weighted by atomic mass is 35.5. The molecule has 0 saturated heterocycles. The Kier molecular flexibility index (Phi) is 4.42. The zero-order valence-electron chi connectivity index (χ0n) is 11.3. The van der Waals surface area contributed by atoms with Gasteiger partial charge in [0.2, 0.25) is 5.91 Å². The highest BCUT2D eigenvalue weighted by molar-refractivity contribution is 8.00. The number of benzene rings is 1. The molecule has 3 nitrogen and oxygen atoms in total. The average Bonchev–Trinajstić information content (AvgIpc) is 2.93. The smallest absolute Gasteiger partial charge is 0.233 e. The van der Waals surface area contributed by atoms with Crippen molar-refractivity contribution in [1.82, 2.24) is 4.90 Å². The number of carbonyl (C=O) groups excluding carboxylic acids is 1. The molecule has 1 aromatic heterocycles. The quantitative estimate of drug-likeness (QED) is 0.686. The van der Waals surface area contributed by atoms with Gasteiger partial charge in [0.05, 0.1) is 10.8 Å². The van der Waals surface area contributed by atoms with Gasteiger partial charge in [-0.15, -0.1) is 23.1 Å². The molecule has 0 bridgehead atoms. The Morgan fingerprint density at radius 2 is 2.29 bits per heavy atom. The second-order valence-corrected chi connectivity index (χ2v) is 7.34. The summed E-state index contributed by atoms with van der Waals surface area (Å²) in [5.41, 5.74) is 7.59. The first-order valence-electron chi connectivity index (χ1n) is 6.64. The molecule has 0 saturated carbocycles. The zero-order valence-corrected chi connectivity index (χ0v) is 13.7. The third kappa shape index (κ3) is 3.36. The Labute approximate surface area is 137 Å². The SMILES string of the molecule is Nc1ccc(SCC(=O)N2CCc3sccc3C2)c(Cl)c1. The van der Waals surface area contributed by atoms with Crippen molar-refractivity contribution in [2.45, 2.75) is 17.9 Å². The minimum absolute atomic E-state index is 0.157. The van der Waals surface area contributed by atoms with Crippen LogP contribution in [0.15, 0.2) is 34.5 Å². The average molecular weight is 339 g/mol. The highest BCUT2D eigenvalue weighted by Gasteiger charge is 2.21. The standard InChI is InChI=1S/C15H15ClN2OS2/c16-12-7-11(17)1-2-14(12)21-9-15(19)18-5-3-13-10(8-18)4-6-20-13/h1-2,4,6-7H,3,5,8-9,17H2. The van der Waals surface area contributed by atoms with Gasteiger partial charge in [-0.1, -0.05) is 11.6 Å². The first-order chi connectivity index (χ1) is 10.1. The number of nitrogens with zero attached hydrogens (tertiary/aromatic N) is 1. The van der Waals surface area contributed by atoms with Crippen LogP contribution in [0, 0.1) is 0 Å². The van der Waals surface area contributed by atoms with Crippen LogP contribution in [0.3, 0.4) is 0 Å². The van der Waals surface area contributed by atoms with E-state index in [-0.39, 0.29) is 5.91 Å². The molecule has 0 spiro atoms. The molecule has 0 radical (unpaired) electrons. The number of hydrogen-bond acceptors (Lipinski definition) is 4. The van der Waals surface area contributed by atoms with Gasteiger partial charge in [0.15, 0.2) is 0 Å². The number of carbonyl (C=O) groups is 1. The lowest BCUT2D eigenvalue weighted by Gasteiger charge is -2.27. The largest absolute Gasteiger partial charge is 0.399 e. The van der Waals surface area contributed by atoms with Gasteiger partial charge in [-0.05, 0) is 41.6 Å². The topological polar surface area (TPSA) is 46.3 Å². The number of rotatable bonds is 3. The molecule has 110 valence electrons. The Balaban J connectivity index is 1.60. The van der Waals surface area contributed by atoms with Gasteiger partial charge in [-0.25, -0.2) is 0 Å². The monoisotopic (exact) mass is 338 g/mol. The van der Waals surface area contributed by atoms with Crippen molar-refractivity contribution in [3.63, 3.8) is 0 Å². The van der Waals surface area contributed by atoms with Crippen molar-refractivity contribution < 1.29 is 4.79 Å². The molecule has 21 heavy (non-hydrogen) atoms. The van der Waals surface area contributed by atoms with E-state index in [1.807, 2.05) is 11.0 Å². The number of hydrogen-bond donors (Lipinski definition) is 1. The molecule has 2 heterocycles. The van der Waals surface area contributed by atoms with Gasteiger partial charge in [-0.3, -0.25) is 4.79 Å². The number of nitrogens with two attached hydrogens (primary N) is 1. The van der Waals surface area contributed by atoms with Crippen LogP contribution in [0.25, 0.3) is 0 Å². The van der Waals surface area contributed by atoms with Crippen molar-refractivity contribution in [3.05, 3.63) is 45.1 Å². The molecular weight excluding hydrogens is 324 g/mol. The summed E-state index contributed by atoms with van der Waals surface area (Å²) in [6, 6.07) is 7.50. The fraction of sp³-hybridized carbons (Fsp3) is 0.267. The van der Waals surface area contributed by atoms with E-state index in [9.17, 15) is 4.79 Å². The molecular formula is C15H15ClN2OS2. The van der Waals surface area contributed by atoms with Gasteiger partial charge < -0.3 is 10.6 Å². The molecule has 0 aliphatic carbocycles. The normalized spacial score (nSPS) is 14.0. The molecule has 6 heteroatoms. The van der Waals surface area contributed by atoms with Gasteiger partial charge in [-0.2, -0.15) is 0 Å². The number of halogens is 1. The van der Waals surface area contributed by atoms with Crippen LogP contribution in [0.2, 0.25) is 5.02 Å². The number of amides is 1. The number of nitrogen functional groups attached to an aromatic ring is 1. The lowest BCUT2D eigenvalue weighted by molar-refractivity contribution is -0.129. The first-order valence-corrected chi connectivity index (χ1v) is 8.88. The predicted octanol–water partition coefficient (Wildman–Crippen LogP) is 3.66. The Morgan fingerprint density at radius 1 is 1.43 bits per heavy atom. The first kappa shape index (κ1) is 14.8. The maximum Gasteiger partial charge on any atom is 0.233 e. The van der Waals surface area contributed by atoms with Crippen molar-refractivity contribution in [2.24, 2.45) is 0 Å². The van der Waals surface area contributed by atoms with E-state index in [2.05, 4.69) is 11.4 Å². The van der Waals surface area contributed by atoms with Crippen LogP contribution in [-0.4, -0.2) is 23.1 Å². The van der Waals surface area contributed by atoms with Crippen LogP contribution in [0.1, 0.15) is 10.4 Å². The van der Waals surface area contributed by atoms with E-state index < -0.39 is 0 Å². The number of anilines is 1. The summed E-state index contributed by atoms with van der Waals surface area (Å²) in [4.78, 5) is 16.6. The van der Waals surface area contributed by atoms with Crippen molar-refractivity contribution >= 4 is 46.3 Å². The van der Waals surface area contributed by atoms with E-state index in [0.717, 1.165) is 24.4 Å². The molecule has 1 amide bonds. The molecule has 1 aliphatic heterocycles.